The topological polar surface area (TPSA) is 97.2 Å². The van der Waals surface area contributed by atoms with Crippen molar-refractivity contribution in [1.82, 2.24) is 10.3 Å². The van der Waals surface area contributed by atoms with Crippen molar-refractivity contribution in [3.05, 3.63) is 17.3 Å². The maximum absolute atomic E-state index is 12.4. The van der Waals surface area contributed by atoms with Gasteiger partial charge in [0, 0.05) is 12.7 Å². The Hall–Kier alpha value is -1.98. The lowest BCUT2D eigenvalue weighted by atomic mass is 9.99. The molecule has 23 heavy (non-hydrogen) atoms. The van der Waals surface area contributed by atoms with Gasteiger partial charge in [-0.1, -0.05) is 40.0 Å². The lowest BCUT2D eigenvalue weighted by Gasteiger charge is -2.15. The normalized spacial score (nSPS) is 12.0. The molecular weight excluding hydrogens is 294 g/mol. The fourth-order valence-electron chi connectivity index (χ4n) is 2.39. The number of esters is 1. The molecule has 0 aliphatic heterocycles. The summed E-state index contributed by atoms with van der Waals surface area (Å²) in [7, 11) is 0. The first-order chi connectivity index (χ1) is 11.0. The van der Waals surface area contributed by atoms with E-state index in [1.54, 1.807) is 0 Å². The zero-order valence-corrected chi connectivity index (χ0v) is 14.4. The van der Waals surface area contributed by atoms with Crippen molar-refractivity contribution < 1.29 is 14.3 Å². The number of carbonyl (C=O) groups is 2. The van der Waals surface area contributed by atoms with Crippen molar-refractivity contribution in [2.75, 3.05) is 18.9 Å². The van der Waals surface area contributed by atoms with Crippen LogP contribution < -0.4 is 11.1 Å². The van der Waals surface area contributed by atoms with E-state index in [0.29, 0.717) is 19.1 Å². The molecule has 1 rings (SSSR count). The van der Waals surface area contributed by atoms with E-state index in [1.807, 2.05) is 6.92 Å². The van der Waals surface area contributed by atoms with Crippen LogP contribution >= 0.6 is 0 Å². The van der Waals surface area contributed by atoms with Crippen LogP contribution in [-0.4, -0.2) is 30.0 Å². The number of anilines is 1. The predicted octanol–water partition coefficient (Wildman–Crippen LogP) is 3.11. The molecular formula is C17H29N3O3. The molecule has 0 saturated carbocycles. The molecule has 1 amide bonds. The number of rotatable bonds is 10. The molecule has 130 valence electrons. The first kappa shape index (κ1) is 19.1. The molecule has 0 aliphatic carbocycles. The predicted molar refractivity (Wildman–Crippen MR) is 91.4 cm³/mol. The lowest BCUT2D eigenvalue weighted by molar-refractivity contribution is 0.0502. The van der Waals surface area contributed by atoms with Crippen LogP contribution in [0.4, 0.5) is 5.82 Å². The average molecular weight is 323 g/mol. The van der Waals surface area contributed by atoms with Gasteiger partial charge < -0.3 is 20.8 Å². The standard InChI is InChI=1S/C17H29N3O3/c1-4-7-8-12(6-3)10-20-16(21)14-13(11-19-15(14)18)17(22)23-9-5-2/h11-12,19H,4-10,18H2,1-3H3,(H,20,21). The highest BCUT2D eigenvalue weighted by Crippen LogP contribution is 2.18. The largest absolute Gasteiger partial charge is 0.462 e. The van der Waals surface area contributed by atoms with E-state index in [1.165, 1.54) is 6.20 Å². The minimum absolute atomic E-state index is 0.177. The second kappa shape index (κ2) is 9.92. The third kappa shape index (κ3) is 5.62. The number of nitrogens with one attached hydrogen (secondary N) is 2. The summed E-state index contributed by atoms with van der Waals surface area (Å²) in [6.07, 6.45) is 6.53. The van der Waals surface area contributed by atoms with E-state index in [4.69, 9.17) is 10.5 Å². The number of nitrogen functional groups attached to an aromatic ring is 1. The second-order valence-electron chi connectivity index (χ2n) is 5.75. The monoisotopic (exact) mass is 323 g/mol. The van der Waals surface area contributed by atoms with Crippen molar-refractivity contribution in [3.63, 3.8) is 0 Å². The van der Waals surface area contributed by atoms with Gasteiger partial charge in [-0.25, -0.2) is 4.79 Å². The molecule has 1 unspecified atom stereocenters. The van der Waals surface area contributed by atoms with Crippen LogP contribution in [0, 0.1) is 5.92 Å². The number of carbonyl (C=O) groups excluding carboxylic acids is 2. The highest BCUT2D eigenvalue weighted by Gasteiger charge is 2.23. The number of unbranched alkanes of at least 4 members (excludes halogenated alkanes) is 1. The molecule has 6 heteroatoms. The Morgan fingerprint density at radius 2 is 2.04 bits per heavy atom. The first-order valence-electron chi connectivity index (χ1n) is 8.47. The van der Waals surface area contributed by atoms with E-state index in [-0.39, 0.29) is 22.9 Å². The Balaban J connectivity index is 2.72. The van der Waals surface area contributed by atoms with Gasteiger partial charge in [-0.2, -0.15) is 0 Å². The number of amides is 1. The fraction of sp³-hybridized carbons (Fsp3) is 0.647. The smallest absolute Gasteiger partial charge is 0.340 e. The molecule has 0 aromatic carbocycles. The van der Waals surface area contributed by atoms with E-state index >= 15 is 0 Å². The quantitative estimate of drug-likeness (QED) is 0.576. The van der Waals surface area contributed by atoms with E-state index in [2.05, 4.69) is 24.1 Å². The molecule has 1 heterocycles. The Morgan fingerprint density at radius 3 is 2.65 bits per heavy atom. The number of aromatic nitrogens is 1. The Labute approximate surface area is 138 Å². The lowest BCUT2D eigenvalue weighted by Crippen LogP contribution is -2.30. The van der Waals surface area contributed by atoms with Gasteiger partial charge in [0.15, 0.2) is 0 Å². The Bertz CT molecular complexity index is 511. The summed E-state index contributed by atoms with van der Waals surface area (Å²) in [5, 5.41) is 2.89. The van der Waals surface area contributed by atoms with Crippen LogP contribution in [0.1, 0.15) is 73.6 Å². The van der Waals surface area contributed by atoms with Crippen molar-refractivity contribution in [2.24, 2.45) is 5.92 Å². The summed E-state index contributed by atoms with van der Waals surface area (Å²) in [5.41, 5.74) is 6.17. The third-order valence-electron chi connectivity index (χ3n) is 3.89. The number of H-pyrrole nitrogens is 1. The zero-order chi connectivity index (χ0) is 17.2. The van der Waals surface area contributed by atoms with Crippen molar-refractivity contribution in [1.29, 1.82) is 0 Å². The van der Waals surface area contributed by atoms with Gasteiger partial charge in [0.25, 0.3) is 5.91 Å². The van der Waals surface area contributed by atoms with E-state index < -0.39 is 5.97 Å². The second-order valence-corrected chi connectivity index (χ2v) is 5.75. The van der Waals surface area contributed by atoms with Crippen molar-refractivity contribution >= 4 is 17.7 Å². The van der Waals surface area contributed by atoms with Gasteiger partial charge in [0.05, 0.1) is 17.7 Å². The number of ether oxygens (including phenoxy) is 1. The van der Waals surface area contributed by atoms with Crippen LogP contribution in [0.15, 0.2) is 6.20 Å². The summed E-state index contributed by atoms with van der Waals surface area (Å²) < 4.78 is 5.09. The molecule has 0 saturated heterocycles. The molecule has 0 aliphatic rings. The number of hydrogen-bond acceptors (Lipinski definition) is 4. The van der Waals surface area contributed by atoms with Crippen LogP contribution in [-0.2, 0) is 4.74 Å². The Kier molecular flexibility index (Phi) is 8.22. The molecule has 0 bridgehead atoms. The van der Waals surface area contributed by atoms with E-state index in [0.717, 1.165) is 32.1 Å². The summed E-state index contributed by atoms with van der Waals surface area (Å²) in [4.78, 5) is 27.1. The van der Waals surface area contributed by atoms with Gasteiger partial charge in [0.1, 0.15) is 5.82 Å². The molecule has 4 N–H and O–H groups in total. The maximum Gasteiger partial charge on any atom is 0.340 e. The van der Waals surface area contributed by atoms with Crippen LogP contribution in [0.2, 0.25) is 0 Å². The summed E-state index contributed by atoms with van der Waals surface area (Å²) >= 11 is 0. The van der Waals surface area contributed by atoms with Gasteiger partial charge in [0.2, 0.25) is 0 Å². The molecule has 0 radical (unpaired) electrons. The summed E-state index contributed by atoms with van der Waals surface area (Å²) in [5.74, 6) is -0.229. The highest BCUT2D eigenvalue weighted by molar-refractivity contribution is 6.08. The van der Waals surface area contributed by atoms with Gasteiger partial charge in [-0.15, -0.1) is 0 Å². The molecule has 0 fully saturated rings. The van der Waals surface area contributed by atoms with Gasteiger partial charge >= 0.3 is 5.97 Å². The summed E-state index contributed by atoms with van der Waals surface area (Å²) in [6, 6.07) is 0. The highest BCUT2D eigenvalue weighted by atomic mass is 16.5. The SMILES string of the molecule is CCCCC(CC)CNC(=O)c1c(C(=O)OCCC)c[nH]c1N. The van der Waals surface area contributed by atoms with E-state index in [9.17, 15) is 9.59 Å². The minimum atomic E-state index is -0.525. The van der Waals surface area contributed by atoms with Crippen LogP contribution in [0.25, 0.3) is 0 Å². The maximum atomic E-state index is 12.4. The fourth-order valence-corrected chi connectivity index (χ4v) is 2.39. The van der Waals surface area contributed by atoms with Crippen LogP contribution in [0.5, 0.6) is 0 Å². The third-order valence-corrected chi connectivity index (χ3v) is 3.89. The molecule has 0 spiro atoms. The average Bonchev–Trinajstić information content (AvgIpc) is 2.94. The Morgan fingerprint density at radius 1 is 1.30 bits per heavy atom. The molecule has 1 atom stereocenters. The molecule has 6 nitrogen and oxygen atoms in total. The number of nitrogens with two attached hydrogens (primary N) is 1. The molecule has 1 aromatic rings. The zero-order valence-electron chi connectivity index (χ0n) is 14.4. The van der Waals surface area contributed by atoms with Gasteiger partial charge in [-0.3, -0.25) is 4.79 Å². The van der Waals surface area contributed by atoms with Crippen molar-refractivity contribution in [3.8, 4) is 0 Å². The molecule has 1 aromatic heterocycles. The van der Waals surface area contributed by atoms with Gasteiger partial charge in [-0.05, 0) is 18.8 Å². The van der Waals surface area contributed by atoms with Crippen LogP contribution in [0.3, 0.4) is 0 Å². The number of aromatic amines is 1. The minimum Gasteiger partial charge on any atom is -0.462 e. The number of hydrogen-bond donors (Lipinski definition) is 3. The summed E-state index contributed by atoms with van der Waals surface area (Å²) in [6.45, 7) is 7.08. The first-order valence-corrected chi connectivity index (χ1v) is 8.47. The van der Waals surface area contributed by atoms with Crippen molar-refractivity contribution in [2.45, 2.75) is 52.9 Å².